The van der Waals surface area contributed by atoms with Crippen molar-refractivity contribution in [3.05, 3.63) is 34.9 Å². The number of benzene rings is 1. The standard InChI is InChI=1S/C21H26N4O4/c26-19-4-3-18(20(27)24-19)25-9-13-2-1-12(5-17(13)21(25)28)8-22-14-6-15-10-29-11-16(7-14)23-15/h1-2,5,14-16,18,22-23H,3-4,6-11H2,(H,24,26,27)/t14?,15-,16+,18?. The lowest BCUT2D eigenvalue weighted by Gasteiger charge is -2.40. The average molecular weight is 398 g/mol. The van der Waals surface area contributed by atoms with E-state index in [0.717, 1.165) is 37.2 Å². The zero-order chi connectivity index (χ0) is 20.0. The van der Waals surface area contributed by atoms with Crippen LogP contribution < -0.4 is 16.0 Å². The summed E-state index contributed by atoms with van der Waals surface area (Å²) in [6, 6.07) is 6.71. The highest BCUT2D eigenvalue weighted by Gasteiger charge is 2.39. The van der Waals surface area contributed by atoms with Crippen molar-refractivity contribution in [2.75, 3.05) is 13.2 Å². The van der Waals surface area contributed by atoms with Crippen LogP contribution in [0.15, 0.2) is 18.2 Å². The fourth-order valence-electron chi connectivity index (χ4n) is 4.98. The van der Waals surface area contributed by atoms with Gasteiger partial charge in [0.15, 0.2) is 0 Å². The molecule has 3 amide bonds. The van der Waals surface area contributed by atoms with Crippen LogP contribution in [0.3, 0.4) is 0 Å². The van der Waals surface area contributed by atoms with Crippen molar-refractivity contribution in [1.82, 2.24) is 20.9 Å². The second-order valence-corrected chi connectivity index (χ2v) is 8.54. The first-order valence-corrected chi connectivity index (χ1v) is 10.4. The Hall–Kier alpha value is -2.29. The summed E-state index contributed by atoms with van der Waals surface area (Å²) < 4.78 is 5.60. The van der Waals surface area contributed by atoms with E-state index in [2.05, 4.69) is 22.0 Å². The second-order valence-electron chi connectivity index (χ2n) is 8.54. The van der Waals surface area contributed by atoms with Gasteiger partial charge in [0.2, 0.25) is 11.8 Å². The second kappa shape index (κ2) is 7.51. The van der Waals surface area contributed by atoms with E-state index in [9.17, 15) is 14.4 Å². The van der Waals surface area contributed by atoms with Gasteiger partial charge in [0.25, 0.3) is 5.91 Å². The van der Waals surface area contributed by atoms with Crippen LogP contribution in [0.25, 0.3) is 0 Å². The molecule has 8 heteroatoms. The van der Waals surface area contributed by atoms with Gasteiger partial charge in [0.05, 0.1) is 13.2 Å². The third-order valence-corrected chi connectivity index (χ3v) is 6.43. The Morgan fingerprint density at radius 3 is 2.69 bits per heavy atom. The van der Waals surface area contributed by atoms with Crippen LogP contribution >= 0.6 is 0 Å². The number of ether oxygens (including phenoxy) is 1. The Balaban J connectivity index is 1.23. The van der Waals surface area contributed by atoms with Gasteiger partial charge in [0, 0.05) is 43.2 Å². The fourth-order valence-corrected chi connectivity index (χ4v) is 4.98. The minimum atomic E-state index is -0.564. The van der Waals surface area contributed by atoms with Crippen LogP contribution in [0.2, 0.25) is 0 Å². The lowest BCUT2D eigenvalue weighted by Crippen LogP contribution is -2.57. The molecule has 0 saturated carbocycles. The molecular weight excluding hydrogens is 372 g/mol. The maximum atomic E-state index is 12.9. The van der Waals surface area contributed by atoms with E-state index in [1.165, 1.54) is 0 Å². The lowest BCUT2D eigenvalue weighted by molar-refractivity contribution is -0.136. The van der Waals surface area contributed by atoms with E-state index in [1.54, 1.807) is 4.90 Å². The third kappa shape index (κ3) is 3.68. The van der Waals surface area contributed by atoms with Gasteiger partial charge < -0.3 is 20.3 Å². The Bertz CT molecular complexity index is 845. The molecule has 8 nitrogen and oxygen atoms in total. The molecule has 3 N–H and O–H groups in total. The Labute approximate surface area is 169 Å². The largest absolute Gasteiger partial charge is 0.378 e. The molecule has 0 spiro atoms. The van der Waals surface area contributed by atoms with Gasteiger partial charge in [-0.2, -0.15) is 0 Å². The number of hydrogen-bond donors (Lipinski definition) is 3. The number of amides is 3. The third-order valence-electron chi connectivity index (χ3n) is 6.43. The zero-order valence-corrected chi connectivity index (χ0v) is 16.3. The van der Waals surface area contributed by atoms with Crippen LogP contribution in [-0.2, 0) is 27.4 Å². The molecule has 1 aromatic carbocycles. The van der Waals surface area contributed by atoms with Crippen molar-refractivity contribution in [2.24, 2.45) is 0 Å². The summed E-state index contributed by atoms with van der Waals surface area (Å²) >= 11 is 0. The molecule has 0 aliphatic carbocycles. The molecule has 5 rings (SSSR count). The van der Waals surface area contributed by atoms with Crippen LogP contribution in [0, 0.1) is 0 Å². The highest BCUT2D eigenvalue weighted by molar-refractivity contribution is 6.05. The van der Waals surface area contributed by atoms with Crippen LogP contribution in [0.5, 0.6) is 0 Å². The number of hydrogen-bond acceptors (Lipinski definition) is 6. The van der Waals surface area contributed by atoms with E-state index in [1.807, 2.05) is 12.1 Å². The van der Waals surface area contributed by atoms with Crippen molar-refractivity contribution < 1.29 is 19.1 Å². The maximum Gasteiger partial charge on any atom is 0.255 e. The molecule has 4 atom stereocenters. The van der Waals surface area contributed by atoms with E-state index in [0.29, 0.717) is 43.2 Å². The SMILES string of the molecule is O=C1CCC(N2Cc3ccc(CNC4C[C@H]5COC[C@@H](C4)N5)cc3C2=O)C(=O)N1. The summed E-state index contributed by atoms with van der Waals surface area (Å²) in [6.45, 7) is 2.69. The summed E-state index contributed by atoms with van der Waals surface area (Å²) in [6.07, 6.45) is 2.75. The zero-order valence-electron chi connectivity index (χ0n) is 16.3. The van der Waals surface area contributed by atoms with Crippen molar-refractivity contribution in [3.8, 4) is 0 Å². The number of fused-ring (bicyclic) bond motifs is 3. The number of nitrogens with one attached hydrogen (secondary N) is 3. The normalized spacial score (nSPS) is 31.6. The van der Waals surface area contributed by atoms with Crippen molar-refractivity contribution in [3.63, 3.8) is 0 Å². The minimum Gasteiger partial charge on any atom is -0.378 e. The van der Waals surface area contributed by atoms with Gasteiger partial charge >= 0.3 is 0 Å². The number of piperidine rings is 2. The first-order valence-electron chi connectivity index (χ1n) is 10.4. The molecular formula is C21H26N4O4. The number of carbonyl (C=O) groups is 3. The minimum absolute atomic E-state index is 0.120. The summed E-state index contributed by atoms with van der Waals surface area (Å²) in [4.78, 5) is 38.1. The van der Waals surface area contributed by atoms with Gasteiger partial charge in [-0.3, -0.25) is 19.7 Å². The van der Waals surface area contributed by atoms with Gasteiger partial charge in [-0.05, 0) is 36.5 Å². The van der Waals surface area contributed by atoms with Gasteiger partial charge in [-0.15, -0.1) is 0 Å². The first-order chi connectivity index (χ1) is 14.1. The molecule has 0 aromatic heterocycles. The van der Waals surface area contributed by atoms with Gasteiger partial charge in [-0.1, -0.05) is 12.1 Å². The Morgan fingerprint density at radius 1 is 1.14 bits per heavy atom. The fraction of sp³-hybridized carbons (Fsp3) is 0.571. The molecule has 3 fully saturated rings. The molecule has 2 bridgehead atoms. The summed E-state index contributed by atoms with van der Waals surface area (Å²) in [7, 11) is 0. The van der Waals surface area contributed by atoms with E-state index >= 15 is 0 Å². The smallest absolute Gasteiger partial charge is 0.255 e. The first kappa shape index (κ1) is 18.7. The van der Waals surface area contributed by atoms with Crippen LogP contribution in [0.4, 0.5) is 0 Å². The predicted octanol–water partition coefficient (Wildman–Crippen LogP) is 0.0566. The number of imide groups is 1. The molecule has 2 unspecified atom stereocenters. The molecule has 0 radical (unpaired) electrons. The van der Waals surface area contributed by atoms with E-state index in [-0.39, 0.29) is 24.1 Å². The van der Waals surface area contributed by atoms with Crippen LogP contribution in [0.1, 0.15) is 47.2 Å². The van der Waals surface area contributed by atoms with Crippen molar-refractivity contribution in [1.29, 1.82) is 0 Å². The van der Waals surface area contributed by atoms with Crippen molar-refractivity contribution >= 4 is 17.7 Å². The summed E-state index contributed by atoms with van der Waals surface area (Å²) in [5.74, 6) is -0.757. The molecule has 4 heterocycles. The molecule has 29 heavy (non-hydrogen) atoms. The van der Waals surface area contributed by atoms with Gasteiger partial charge in [-0.25, -0.2) is 0 Å². The topological polar surface area (TPSA) is 99.8 Å². The van der Waals surface area contributed by atoms with E-state index < -0.39 is 6.04 Å². The Morgan fingerprint density at radius 2 is 1.93 bits per heavy atom. The molecule has 1 aromatic rings. The Kier molecular flexibility index (Phi) is 4.85. The van der Waals surface area contributed by atoms with Crippen molar-refractivity contribution in [2.45, 2.75) is 62.9 Å². The monoisotopic (exact) mass is 398 g/mol. The highest BCUT2D eigenvalue weighted by atomic mass is 16.5. The summed E-state index contributed by atoms with van der Waals surface area (Å²) in [5.41, 5.74) is 2.68. The summed E-state index contributed by atoms with van der Waals surface area (Å²) in [5, 5.41) is 9.57. The van der Waals surface area contributed by atoms with Crippen LogP contribution in [-0.4, -0.2) is 60.0 Å². The molecule has 154 valence electrons. The highest BCUT2D eigenvalue weighted by Crippen LogP contribution is 2.28. The quantitative estimate of drug-likeness (QED) is 0.620. The average Bonchev–Trinajstić information content (AvgIpc) is 3.02. The number of rotatable bonds is 4. The number of nitrogens with zero attached hydrogens (tertiary/aromatic N) is 1. The lowest BCUT2D eigenvalue weighted by atomic mass is 9.92. The molecule has 4 aliphatic rings. The van der Waals surface area contributed by atoms with E-state index in [4.69, 9.17) is 4.74 Å². The number of morpholine rings is 1. The molecule has 3 saturated heterocycles. The number of carbonyl (C=O) groups excluding carboxylic acids is 3. The van der Waals surface area contributed by atoms with Gasteiger partial charge in [0.1, 0.15) is 6.04 Å². The predicted molar refractivity (Wildman–Crippen MR) is 104 cm³/mol. The molecule has 4 aliphatic heterocycles. The maximum absolute atomic E-state index is 12.9.